The number of unbranched alkanes of at least 4 members (excludes halogenated alkanes) is 1. The maximum atomic E-state index is 13.1. The van der Waals surface area contributed by atoms with E-state index in [2.05, 4.69) is 4.98 Å². The summed E-state index contributed by atoms with van der Waals surface area (Å²) in [5.41, 5.74) is 3.72. The molecule has 1 amide bonds. The molecule has 0 saturated heterocycles. The van der Waals surface area contributed by atoms with E-state index >= 15 is 0 Å². The van der Waals surface area contributed by atoms with Gasteiger partial charge in [-0.15, -0.1) is 0 Å². The van der Waals surface area contributed by atoms with Crippen LogP contribution in [0, 0.1) is 0 Å². The van der Waals surface area contributed by atoms with Crippen molar-refractivity contribution in [2.45, 2.75) is 19.8 Å². The third-order valence-corrected chi connectivity index (χ3v) is 8.03. The van der Waals surface area contributed by atoms with Crippen molar-refractivity contribution in [2.24, 2.45) is 4.99 Å². The Morgan fingerprint density at radius 1 is 0.947 bits per heavy atom. The van der Waals surface area contributed by atoms with Crippen LogP contribution in [0.5, 0.6) is 5.88 Å². The van der Waals surface area contributed by atoms with Gasteiger partial charge in [-0.1, -0.05) is 61.9 Å². The molecule has 38 heavy (non-hydrogen) atoms. The maximum absolute atomic E-state index is 13.1. The summed E-state index contributed by atoms with van der Waals surface area (Å²) in [5, 5.41) is 11.6. The number of nitrogens with zero attached hydrogens (tertiary/aromatic N) is 3. The molecule has 1 heterocycles. The summed E-state index contributed by atoms with van der Waals surface area (Å²) in [6.45, 7) is 1.65. The van der Waals surface area contributed by atoms with E-state index in [9.17, 15) is 18.3 Å². The number of H-pyrrole nitrogens is 1. The number of aromatic amines is 1. The normalized spacial score (nSPS) is 12.0. The minimum absolute atomic E-state index is 0.0146. The number of aromatic nitrogens is 1. The molecule has 8 nitrogen and oxygen atoms in total. The quantitative estimate of drug-likeness (QED) is 0.278. The van der Waals surface area contributed by atoms with Gasteiger partial charge in [-0.2, -0.15) is 0 Å². The molecular formula is C29H32N4O4S. The Labute approximate surface area is 223 Å². The second-order valence-electron chi connectivity index (χ2n) is 9.20. The van der Waals surface area contributed by atoms with E-state index in [0.717, 1.165) is 22.9 Å². The van der Waals surface area contributed by atoms with Gasteiger partial charge in [0.05, 0.1) is 28.4 Å². The molecule has 3 aromatic carbocycles. The van der Waals surface area contributed by atoms with Gasteiger partial charge in [-0.05, 0) is 36.8 Å². The Balaban J connectivity index is 1.77. The fourth-order valence-electron chi connectivity index (χ4n) is 4.10. The van der Waals surface area contributed by atoms with Crippen molar-refractivity contribution in [3.63, 3.8) is 0 Å². The van der Waals surface area contributed by atoms with E-state index in [0.29, 0.717) is 29.1 Å². The van der Waals surface area contributed by atoms with E-state index < -0.39 is 10.0 Å². The van der Waals surface area contributed by atoms with Gasteiger partial charge < -0.3 is 15.0 Å². The molecule has 1 aromatic heterocycles. The Bertz CT molecular complexity index is 1540. The summed E-state index contributed by atoms with van der Waals surface area (Å²) in [6, 6.07) is 23.9. The van der Waals surface area contributed by atoms with Crippen LogP contribution in [-0.2, 0) is 14.8 Å². The van der Waals surface area contributed by atoms with Crippen LogP contribution < -0.4 is 4.31 Å². The summed E-state index contributed by atoms with van der Waals surface area (Å²) in [6.07, 6.45) is 1.23. The number of nitrogens with one attached hydrogen (secondary N) is 1. The largest absolute Gasteiger partial charge is 0.494 e. The Morgan fingerprint density at radius 2 is 1.61 bits per heavy atom. The zero-order valence-electron chi connectivity index (χ0n) is 21.8. The number of hydrogen-bond donors (Lipinski definition) is 2. The molecule has 2 N–H and O–H groups in total. The first-order chi connectivity index (χ1) is 18.2. The van der Waals surface area contributed by atoms with Gasteiger partial charge in [0.25, 0.3) is 0 Å². The molecule has 0 radical (unpaired) electrons. The molecular weight excluding hydrogens is 500 g/mol. The number of aromatic hydroxyl groups is 1. The number of likely N-dealkylation sites (N-methyl/N-ethyl adjacent to an activating group) is 1. The monoisotopic (exact) mass is 532 g/mol. The van der Waals surface area contributed by atoms with Crippen LogP contribution in [0.4, 0.5) is 11.4 Å². The van der Waals surface area contributed by atoms with Crippen molar-refractivity contribution in [2.75, 3.05) is 30.7 Å². The van der Waals surface area contributed by atoms with Crippen molar-refractivity contribution in [1.29, 1.82) is 0 Å². The van der Waals surface area contributed by atoms with Crippen LogP contribution in [0.2, 0.25) is 0 Å². The van der Waals surface area contributed by atoms with Crippen LogP contribution in [0.1, 0.15) is 30.9 Å². The number of amides is 1. The van der Waals surface area contributed by atoms with Gasteiger partial charge >= 0.3 is 0 Å². The Hall–Kier alpha value is -4.11. The van der Waals surface area contributed by atoms with Gasteiger partial charge in [-0.3, -0.25) is 9.10 Å². The first kappa shape index (κ1) is 26.9. The molecule has 198 valence electrons. The molecule has 0 aliphatic rings. The average Bonchev–Trinajstić information content (AvgIpc) is 3.25. The van der Waals surface area contributed by atoms with Crippen LogP contribution in [0.15, 0.2) is 83.9 Å². The number of aliphatic imine (C=N–C) groups is 1. The number of sulfonamides is 1. The summed E-state index contributed by atoms with van der Waals surface area (Å²) in [5.74, 6) is -0.337. The fourth-order valence-corrected chi connectivity index (χ4v) is 5.73. The van der Waals surface area contributed by atoms with Crippen LogP contribution >= 0.6 is 0 Å². The van der Waals surface area contributed by atoms with E-state index in [1.54, 1.807) is 38.4 Å². The number of anilines is 1. The van der Waals surface area contributed by atoms with Gasteiger partial charge in [-0.25, -0.2) is 13.4 Å². The molecule has 0 saturated carbocycles. The number of hydrogen-bond acceptors (Lipinski definition) is 5. The van der Waals surface area contributed by atoms with Crippen LogP contribution in [0.25, 0.3) is 10.9 Å². The lowest BCUT2D eigenvalue weighted by atomic mass is 10.0. The minimum atomic E-state index is -3.70. The number of carbonyl (C=O) groups is 1. The highest BCUT2D eigenvalue weighted by atomic mass is 32.2. The lowest BCUT2D eigenvalue weighted by Crippen LogP contribution is -2.41. The minimum Gasteiger partial charge on any atom is -0.494 e. The van der Waals surface area contributed by atoms with Crippen molar-refractivity contribution in [1.82, 2.24) is 9.88 Å². The molecule has 9 heteroatoms. The van der Waals surface area contributed by atoms with Gasteiger partial charge in [0.15, 0.2) is 5.88 Å². The summed E-state index contributed by atoms with van der Waals surface area (Å²) < 4.78 is 27.4. The molecule has 0 fully saturated rings. The lowest BCUT2D eigenvalue weighted by Gasteiger charge is -2.25. The number of benzene rings is 3. The number of fused-ring (bicyclic) bond motifs is 1. The predicted molar refractivity (Wildman–Crippen MR) is 153 cm³/mol. The highest BCUT2D eigenvalue weighted by Crippen LogP contribution is 2.32. The predicted octanol–water partition coefficient (Wildman–Crippen LogP) is 5.07. The standard InChI is InChI=1S/C29H32N4O4S/c1-4-5-19-38(36,37)33(20-26(34)32(2)3)23-17-15-22(16-18-23)30-28(21-11-7-6-8-12-21)27-24-13-9-10-14-25(24)31-29(27)35/h6-18,31,35H,4-5,19-20H2,1-3H3. The topological polar surface area (TPSA) is 106 Å². The SMILES string of the molecule is CCCCS(=O)(=O)N(CC(=O)N(C)C)c1ccc(N=C(c2ccccc2)c2c(O)[nH]c3ccccc23)cc1. The van der Waals surface area contributed by atoms with Crippen molar-refractivity contribution >= 4 is 43.9 Å². The second kappa shape index (κ2) is 11.5. The van der Waals surface area contributed by atoms with E-state index in [-0.39, 0.29) is 24.1 Å². The Kier molecular flexibility index (Phi) is 8.16. The number of carbonyl (C=O) groups excluding carboxylic acids is 1. The molecule has 0 unspecified atom stereocenters. The van der Waals surface area contributed by atoms with Crippen molar-refractivity contribution < 1.29 is 18.3 Å². The summed E-state index contributed by atoms with van der Waals surface area (Å²) >= 11 is 0. The molecule has 4 aromatic rings. The van der Waals surface area contributed by atoms with E-state index in [1.807, 2.05) is 61.5 Å². The van der Waals surface area contributed by atoms with Gasteiger partial charge in [0.2, 0.25) is 15.9 Å². The zero-order chi connectivity index (χ0) is 27.3. The molecule has 0 aliphatic heterocycles. The lowest BCUT2D eigenvalue weighted by molar-refractivity contribution is -0.127. The van der Waals surface area contributed by atoms with Crippen LogP contribution in [-0.4, -0.2) is 61.4 Å². The first-order valence-corrected chi connectivity index (χ1v) is 14.1. The summed E-state index contributed by atoms with van der Waals surface area (Å²) in [7, 11) is -0.499. The second-order valence-corrected chi connectivity index (χ2v) is 11.2. The number of para-hydroxylation sites is 1. The molecule has 0 spiro atoms. The highest BCUT2D eigenvalue weighted by molar-refractivity contribution is 7.92. The van der Waals surface area contributed by atoms with Crippen LogP contribution in [0.3, 0.4) is 0 Å². The third-order valence-electron chi connectivity index (χ3n) is 6.22. The average molecular weight is 533 g/mol. The Morgan fingerprint density at radius 3 is 2.26 bits per heavy atom. The third kappa shape index (κ3) is 5.89. The smallest absolute Gasteiger partial charge is 0.242 e. The van der Waals surface area contributed by atoms with Gasteiger partial charge in [0, 0.05) is 30.6 Å². The highest BCUT2D eigenvalue weighted by Gasteiger charge is 2.25. The van der Waals surface area contributed by atoms with E-state index in [1.165, 1.54) is 9.21 Å². The maximum Gasteiger partial charge on any atom is 0.242 e. The van der Waals surface area contributed by atoms with E-state index in [4.69, 9.17) is 4.99 Å². The first-order valence-electron chi connectivity index (χ1n) is 12.5. The zero-order valence-corrected chi connectivity index (χ0v) is 22.6. The molecule has 0 bridgehead atoms. The van der Waals surface area contributed by atoms with Crippen molar-refractivity contribution in [3.8, 4) is 5.88 Å². The fraction of sp³-hybridized carbons (Fsp3) is 0.241. The molecule has 4 rings (SSSR count). The summed E-state index contributed by atoms with van der Waals surface area (Å²) in [4.78, 5) is 21.7. The molecule has 0 aliphatic carbocycles. The van der Waals surface area contributed by atoms with Crippen molar-refractivity contribution in [3.05, 3.63) is 90.0 Å². The van der Waals surface area contributed by atoms with Gasteiger partial charge in [0.1, 0.15) is 6.54 Å². The number of rotatable bonds is 10. The molecule has 0 atom stereocenters.